The fourth-order valence-corrected chi connectivity index (χ4v) is 2.20. The van der Waals surface area contributed by atoms with E-state index in [-0.39, 0.29) is 24.2 Å². The first-order valence-corrected chi connectivity index (χ1v) is 6.82. The third-order valence-electron chi connectivity index (χ3n) is 3.38. The van der Waals surface area contributed by atoms with E-state index in [0.29, 0.717) is 11.5 Å². The van der Waals surface area contributed by atoms with Crippen molar-refractivity contribution >= 4 is 12.0 Å². The van der Waals surface area contributed by atoms with E-state index in [1.165, 1.54) is 18.9 Å². The highest BCUT2D eigenvalue weighted by molar-refractivity contribution is 5.88. The molecule has 1 aliphatic carbocycles. The maximum Gasteiger partial charge on any atom is 0.339 e. The molecule has 1 saturated carbocycles. The number of amides is 2. The number of urea groups is 1. The number of nitrogens with one attached hydrogen (secondary N) is 2. The second kappa shape index (κ2) is 5.98. The van der Waals surface area contributed by atoms with E-state index >= 15 is 0 Å². The number of carboxylic acids is 1. The Morgan fingerprint density at radius 3 is 2.75 bits per heavy atom. The summed E-state index contributed by atoms with van der Waals surface area (Å²) in [5.74, 6) is 0.512. The van der Waals surface area contributed by atoms with Crippen LogP contribution < -0.4 is 10.6 Å². The molecule has 1 unspecified atom stereocenters. The highest BCUT2D eigenvalue weighted by Gasteiger charge is 2.24. The maximum atomic E-state index is 11.7. The number of carboxylic acid groups (broad SMARTS) is 1. The number of aryl methyl sites for hydroxylation is 1. The lowest BCUT2D eigenvalue weighted by atomic mass is 10.2. The predicted molar refractivity (Wildman–Crippen MR) is 72.6 cm³/mol. The molecule has 2 rings (SSSR count). The van der Waals surface area contributed by atoms with Crippen LogP contribution in [0.5, 0.6) is 0 Å². The zero-order valence-corrected chi connectivity index (χ0v) is 11.7. The van der Waals surface area contributed by atoms with Crippen LogP contribution in [0.2, 0.25) is 0 Å². The van der Waals surface area contributed by atoms with Crippen LogP contribution in [-0.2, 0) is 6.54 Å². The number of carbonyl (C=O) groups excluding carboxylic acids is 1. The van der Waals surface area contributed by atoms with Crippen LogP contribution in [0.15, 0.2) is 10.5 Å². The minimum absolute atomic E-state index is 0.129. The fourth-order valence-electron chi connectivity index (χ4n) is 2.20. The number of hydrogen-bond donors (Lipinski definition) is 3. The Kier molecular flexibility index (Phi) is 4.32. The lowest BCUT2D eigenvalue weighted by Crippen LogP contribution is -2.40. The maximum absolute atomic E-state index is 11.7. The van der Waals surface area contributed by atoms with Gasteiger partial charge in [-0.1, -0.05) is 12.8 Å². The molecule has 6 heteroatoms. The predicted octanol–water partition coefficient (Wildman–Crippen LogP) is 2.27. The van der Waals surface area contributed by atoms with E-state index in [1.54, 1.807) is 6.92 Å². The molecular formula is C14H20N2O4. The van der Waals surface area contributed by atoms with Crippen molar-refractivity contribution in [2.45, 2.75) is 45.7 Å². The van der Waals surface area contributed by atoms with Crippen molar-refractivity contribution in [2.75, 3.05) is 0 Å². The van der Waals surface area contributed by atoms with Gasteiger partial charge in [0, 0.05) is 6.04 Å². The first-order chi connectivity index (χ1) is 9.45. The molecule has 0 aromatic carbocycles. The van der Waals surface area contributed by atoms with E-state index in [2.05, 4.69) is 10.6 Å². The highest BCUT2D eigenvalue weighted by Crippen LogP contribution is 2.33. The van der Waals surface area contributed by atoms with Crippen LogP contribution in [-0.4, -0.2) is 23.1 Å². The molecule has 110 valence electrons. The Morgan fingerprint density at radius 2 is 2.20 bits per heavy atom. The molecule has 1 aromatic heterocycles. The van der Waals surface area contributed by atoms with Crippen molar-refractivity contribution in [1.29, 1.82) is 0 Å². The van der Waals surface area contributed by atoms with E-state index in [0.717, 1.165) is 12.3 Å². The van der Waals surface area contributed by atoms with Crippen LogP contribution in [0.25, 0.3) is 0 Å². The average molecular weight is 280 g/mol. The molecule has 3 N–H and O–H groups in total. The second-order valence-corrected chi connectivity index (χ2v) is 5.39. The van der Waals surface area contributed by atoms with Crippen molar-refractivity contribution < 1.29 is 19.1 Å². The Hall–Kier alpha value is -1.98. The van der Waals surface area contributed by atoms with E-state index < -0.39 is 5.97 Å². The van der Waals surface area contributed by atoms with Gasteiger partial charge in [-0.15, -0.1) is 0 Å². The molecule has 6 nitrogen and oxygen atoms in total. The zero-order valence-electron chi connectivity index (χ0n) is 11.7. The van der Waals surface area contributed by atoms with Gasteiger partial charge >= 0.3 is 12.0 Å². The van der Waals surface area contributed by atoms with E-state index in [1.807, 2.05) is 6.92 Å². The van der Waals surface area contributed by atoms with Gasteiger partial charge in [-0.3, -0.25) is 0 Å². The smallest absolute Gasteiger partial charge is 0.339 e. The first-order valence-electron chi connectivity index (χ1n) is 6.82. The van der Waals surface area contributed by atoms with Crippen LogP contribution in [0, 0.1) is 12.8 Å². The number of aromatic carboxylic acids is 1. The van der Waals surface area contributed by atoms with Crippen LogP contribution in [0.1, 0.15) is 48.1 Å². The van der Waals surface area contributed by atoms with Gasteiger partial charge in [-0.25, -0.2) is 9.59 Å². The van der Waals surface area contributed by atoms with Crippen LogP contribution >= 0.6 is 0 Å². The summed E-state index contributed by atoms with van der Waals surface area (Å²) in [7, 11) is 0. The Balaban J connectivity index is 1.77. The highest BCUT2D eigenvalue weighted by atomic mass is 16.4. The third kappa shape index (κ3) is 4.01. The molecule has 2 amide bonds. The normalized spacial score (nSPS) is 15.7. The number of carbonyl (C=O) groups is 2. The van der Waals surface area contributed by atoms with Crippen molar-refractivity contribution in [3.05, 3.63) is 23.2 Å². The Labute approximate surface area is 117 Å². The molecule has 0 aliphatic heterocycles. The number of rotatable bonds is 6. The zero-order chi connectivity index (χ0) is 14.7. The molecule has 0 radical (unpaired) electrons. The molecule has 1 heterocycles. The minimum Gasteiger partial charge on any atom is -0.478 e. The molecule has 1 aromatic rings. The standard InChI is InChI=1S/C14H20N2O4/c1-8(5-10-3-4-10)16-14(19)15-7-11-6-12(13(17)18)9(2)20-11/h6,8,10H,3-5,7H2,1-2H3,(H,17,18)(H2,15,16,19). The molecular weight excluding hydrogens is 260 g/mol. The summed E-state index contributed by atoms with van der Waals surface area (Å²) in [6, 6.07) is 1.32. The van der Waals surface area contributed by atoms with E-state index in [9.17, 15) is 9.59 Å². The molecule has 0 bridgehead atoms. The van der Waals surface area contributed by atoms with Gasteiger partial charge < -0.3 is 20.2 Å². The van der Waals surface area contributed by atoms with Gasteiger partial charge in [0.2, 0.25) is 0 Å². The largest absolute Gasteiger partial charge is 0.478 e. The fraction of sp³-hybridized carbons (Fsp3) is 0.571. The van der Waals surface area contributed by atoms with Crippen molar-refractivity contribution in [1.82, 2.24) is 10.6 Å². The Bertz CT molecular complexity index is 505. The average Bonchev–Trinajstić information content (AvgIpc) is 3.07. The van der Waals surface area contributed by atoms with Gasteiger partial charge in [0.1, 0.15) is 17.1 Å². The lowest BCUT2D eigenvalue weighted by molar-refractivity contribution is 0.0695. The minimum atomic E-state index is -1.03. The molecule has 20 heavy (non-hydrogen) atoms. The molecule has 1 atom stereocenters. The lowest BCUT2D eigenvalue weighted by Gasteiger charge is -2.13. The summed E-state index contributed by atoms with van der Waals surface area (Å²) in [4.78, 5) is 22.5. The van der Waals surface area contributed by atoms with Gasteiger partial charge in [0.15, 0.2) is 0 Å². The number of hydrogen-bond acceptors (Lipinski definition) is 3. The van der Waals surface area contributed by atoms with Crippen LogP contribution in [0.4, 0.5) is 4.79 Å². The van der Waals surface area contributed by atoms with Gasteiger partial charge in [0.25, 0.3) is 0 Å². The molecule has 1 fully saturated rings. The monoisotopic (exact) mass is 280 g/mol. The molecule has 0 saturated heterocycles. The quantitative estimate of drug-likeness (QED) is 0.745. The first kappa shape index (κ1) is 14.4. The summed E-state index contributed by atoms with van der Waals surface area (Å²) in [6.07, 6.45) is 3.53. The summed E-state index contributed by atoms with van der Waals surface area (Å²) >= 11 is 0. The van der Waals surface area contributed by atoms with Gasteiger partial charge in [-0.05, 0) is 32.3 Å². The van der Waals surface area contributed by atoms with Crippen molar-refractivity contribution in [3.63, 3.8) is 0 Å². The van der Waals surface area contributed by atoms with Gasteiger partial charge in [0.05, 0.1) is 6.54 Å². The topological polar surface area (TPSA) is 91.6 Å². The third-order valence-corrected chi connectivity index (χ3v) is 3.38. The van der Waals surface area contributed by atoms with Crippen LogP contribution in [0.3, 0.4) is 0 Å². The molecule has 1 aliphatic rings. The summed E-state index contributed by atoms with van der Waals surface area (Å²) in [6.45, 7) is 3.75. The number of furan rings is 1. The van der Waals surface area contributed by atoms with E-state index in [4.69, 9.17) is 9.52 Å². The van der Waals surface area contributed by atoms with Crippen molar-refractivity contribution in [2.24, 2.45) is 5.92 Å². The second-order valence-electron chi connectivity index (χ2n) is 5.39. The Morgan fingerprint density at radius 1 is 1.50 bits per heavy atom. The summed E-state index contributed by atoms with van der Waals surface area (Å²) < 4.78 is 5.28. The van der Waals surface area contributed by atoms with Crippen molar-refractivity contribution in [3.8, 4) is 0 Å². The summed E-state index contributed by atoms with van der Waals surface area (Å²) in [5, 5.41) is 14.4. The summed E-state index contributed by atoms with van der Waals surface area (Å²) in [5.41, 5.74) is 0.129. The van der Waals surface area contributed by atoms with Gasteiger partial charge in [-0.2, -0.15) is 0 Å². The SMILES string of the molecule is Cc1oc(CNC(=O)NC(C)CC2CC2)cc1C(=O)O. The molecule has 0 spiro atoms.